The fraction of sp³-hybridized carbons (Fsp3) is 0.125. The summed E-state index contributed by atoms with van der Waals surface area (Å²) < 4.78 is 16.1. The zero-order valence-electron chi connectivity index (χ0n) is 12.7. The van der Waals surface area contributed by atoms with Crippen LogP contribution in [0.2, 0.25) is 0 Å². The van der Waals surface area contributed by atoms with Gasteiger partial charge in [-0.15, -0.1) is 5.10 Å². The first-order chi connectivity index (χ1) is 11.6. The average molecular weight is 434 g/mol. The van der Waals surface area contributed by atoms with Crippen LogP contribution in [0, 0.1) is 16.3 Å². The van der Waals surface area contributed by atoms with Crippen LogP contribution in [-0.4, -0.2) is 29.9 Å². The van der Waals surface area contributed by atoms with Crippen LogP contribution in [0.4, 0.5) is 4.39 Å². The number of benzene rings is 1. The first kappa shape index (κ1) is 15.2. The van der Waals surface area contributed by atoms with Crippen LogP contribution in [-0.2, 0) is 6.54 Å². The molecule has 0 unspecified atom stereocenters. The third kappa shape index (κ3) is 2.56. The van der Waals surface area contributed by atoms with E-state index in [2.05, 4.69) is 25.3 Å². The molecule has 0 aliphatic rings. The van der Waals surface area contributed by atoms with Crippen LogP contribution >= 0.6 is 22.6 Å². The Labute approximate surface area is 150 Å². The molecule has 3 aromatic heterocycles. The van der Waals surface area contributed by atoms with Crippen molar-refractivity contribution in [1.82, 2.24) is 29.9 Å². The fourth-order valence-electron chi connectivity index (χ4n) is 2.60. The second-order valence-corrected chi connectivity index (χ2v) is 6.55. The molecule has 0 spiro atoms. The van der Waals surface area contributed by atoms with E-state index in [1.54, 1.807) is 10.7 Å². The van der Waals surface area contributed by atoms with Gasteiger partial charge in [-0.3, -0.25) is 0 Å². The van der Waals surface area contributed by atoms with Crippen molar-refractivity contribution in [1.29, 1.82) is 0 Å². The van der Waals surface area contributed by atoms with Crippen molar-refractivity contribution in [2.75, 3.05) is 0 Å². The lowest BCUT2D eigenvalue weighted by Gasteiger charge is -2.05. The van der Waals surface area contributed by atoms with Crippen molar-refractivity contribution in [2.24, 2.45) is 0 Å². The second-order valence-electron chi connectivity index (χ2n) is 5.39. The molecule has 8 heteroatoms. The van der Waals surface area contributed by atoms with E-state index in [-0.39, 0.29) is 5.82 Å². The van der Waals surface area contributed by atoms with Gasteiger partial charge in [-0.2, -0.15) is 0 Å². The SMILES string of the molecule is Cc1c(-c2ncnc3[nH]ccc23)nnn1Cc1ccc(I)c(F)c1. The van der Waals surface area contributed by atoms with Crippen LogP contribution in [0.3, 0.4) is 0 Å². The minimum Gasteiger partial charge on any atom is -0.346 e. The first-order valence-corrected chi connectivity index (χ1v) is 8.34. The largest absolute Gasteiger partial charge is 0.346 e. The molecular weight excluding hydrogens is 422 g/mol. The summed E-state index contributed by atoms with van der Waals surface area (Å²) in [6.45, 7) is 2.38. The summed E-state index contributed by atoms with van der Waals surface area (Å²) in [7, 11) is 0. The van der Waals surface area contributed by atoms with Gasteiger partial charge in [0.05, 0.1) is 12.2 Å². The monoisotopic (exact) mass is 434 g/mol. The molecule has 0 fully saturated rings. The molecule has 0 amide bonds. The van der Waals surface area contributed by atoms with Gasteiger partial charge in [0.15, 0.2) is 0 Å². The molecule has 0 saturated carbocycles. The van der Waals surface area contributed by atoms with Crippen LogP contribution < -0.4 is 0 Å². The van der Waals surface area contributed by atoms with Crippen molar-refractivity contribution in [3.05, 3.63) is 57.4 Å². The van der Waals surface area contributed by atoms with Gasteiger partial charge < -0.3 is 4.98 Å². The van der Waals surface area contributed by atoms with E-state index in [1.165, 1.54) is 12.4 Å². The summed E-state index contributed by atoms with van der Waals surface area (Å²) in [5, 5.41) is 9.36. The number of nitrogens with zero attached hydrogens (tertiary/aromatic N) is 5. The van der Waals surface area contributed by atoms with E-state index >= 15 is 0 Å². The maximum atomic E-state index is 13.7. The van der Waals surface area contributed by atoms with E-state index < -0.39 is 0 Å². The highest BCUT2D eigenvalue weighted by molar-refractivity contribution is 14.1. The first-order valence-electron chi connectivity index (χ1n) is 7.26. The van der Waals surface area contributed by atoms with Gasteiger partial charge in [0.1, 0.15) is 29.2 Å². The van der Waals surface area contributed by atoms with Gasteiger partial charge in [0.2, 0.25) is 0 Å². The number of fused-ring (bicyclic) bond motifs is 1. The van der Waals surface area contributed by atoms with Crippen LogP contribution in [0.5, 0.6) is 0 Å². The molecule has 4 aromatic rings. The van der Waals surface area contributed by atoms with Gasteiger partial charge in [0.25, 0.3) is 0 Å². The minimum atomic E-state index is -0.226. The van der Waals surface area contributed by atoms with E-state index in [9.17, 15) is 4.39 Å². The molecule has 1 N–H and O–H groups in total. The molecular formula is C16H12FIN6. The van der Waals surface area contributed by atoms with Crippen molar-refractivity contribution >= 4 is 33.6 Å². The molecule has 3 heterocycles. The highest BCUT2D eigenvalue weighted by Gasteiger charge is 2.16. The Morgan fingerprint density at radius 3 is 2.92 bits per heavy atom. The lowest BCUT2D eigenvalue weighted by Crippen LogP contribution is -2.04. The maximum absolute atomic E-state index is 13.7. The van der Waals surface area contributed by atoms with E-state index in [1.807, 2.05) is 47.8 Å². The molecule has 24 heavy (non-hydrogen) atoms. The van der Waals surface area contributed by atoms with E-state index in [0.717, 1.165) is 28.0 Å². The summed E-state index contributed by atoms with van der Waals surface area (Å²) in [5.74, 6) is -0.226. The van der Waals surface area contributed by atoms with Crippen LogP contribution in [0.15, 0.2) is 36.8 Å². The van der Waals surface area contributed by atoms with Crippen molar-refractivity contribution in [2.45, 2.75) is 13.5 Å². The summed E-state index contributed by atoms with van der Waals surface area (Å²) in [5.41, 5.74) is 3.90. The topological polar surface area (TPSA) is 72.3 Å². The minimum absolute atomic E-state index is 0.226. The normalized spacial score (nSPS) is 11.3. The number of hydrogen-bond donors (Lipinski definition) is 1. The Kier molecular flexibility index (Phi) is 3.75. The van der Waals surface area contributed by atoms with Crippen molar-refractivity contribution in [3.8, 4) is 11.4 Å². The Bertz CT molecular complexity index is 1040. The predicted octanol–water partition coefficient (Wildman–Crippen LogP) is 3.32. The number of hydrogen-bond acceptors (Lipinski definition) is 4. The van der Waals surface area contributed by atoms with Gasteiger partial charge in [-0.1, -0.05) is 11.3 Å². The molecule has 0 aliphatic carbocycles. The van der Waals surface area contributed by atoms with Gasteiger partial charge in [-0.05, 0) is 53.3 Å². The fourth-order valence-corrected chi connectivity index (χ4v) is 2.94. The highest BCUT2D eigenvalue weighted by atomic mass is 127. The van der Waals surface area contributed by atoms with Gasteiger partial charge in [-0.25, -0.2) is 19.0 Å². The molecule has 6 nitrogen and oxygen atoms in total. The molecule has 120 valence electrons. The Hall–Kier alpha value is -2.36. The quantitative estimate of drug-likeness (QED) is 0.503. The third-order valence-electron chi connectivity index (χ3n) is 3.88. The van der Waals surface area contributed by atoms with Gasteiger partial charge in [0, 0.05) is 15.2 Å². The van der Waals surface area contributed by atoms with Crippen molar-refractivity contribution < 1.29 is 4.39 Å². The molecule has 0 radical (unpaired) electrons. The summed E-state index contributed by atoms with van der Waals surface area (Å²) >= 11 is 1.97. The lowest BCUT2D eigenvalue weighted by atomic mass is 10.2. The molecule has 1 aromatic carbocycles. The molecule has 0 atom stereocenters. The smallest absolute Gasteiger partial charge is 0.141 e. The Morgan fingerprint density at radius 1 is 1.21 bits per heavy atom. The predicted molar refractivity (Wildman–Crippen MR) is 95.9 cm³/mol. The number of H-pyrrole nitrogens is 1. The Balaban J connectivity index is 1.73. The van der Waals surface area contributed by atoms with E-state index in [4.69, 9.17) is 0 Å². The summed E-state index contributed by atoms with van der Waals surface area (Å²) in [4.78, 5) is 11.6. The molecule has 0 saturated heterocycles. The number of rotatable bonds is 3. The second kappa shape index (κ2) is 5.93. The summed E-state index contributed by atoms with van der Waals surface area (Å²) in [6.07, 6.45) is 3.32. The number of aromatic amines is 1. The molecule has 0 aliphatic heterocycles. The Morgan fingerprint density at radius 2 is 2.08 bits per heavy atom. The standard InChI is InChI=1S/C16H12FIN6/c1-9-14(15-11-4-5-19-16(11)21-8-20-15)22-23-24(9)7-10-2-3-13(18)12(17)6-10/h2-6,8H,7H2,1H3,(H,19,20,21). The number of aromatic nitrogens is 6. The van der Waals surface area contributed by atoms with Crippen LogP contribution in [0.1, 0.15) is 11.3 Å². The van der Waals surface area contributed by atoms with E-state index in [0.29, 0.717) is 15.8 Å². The zero-order valence-corrected chi connectivity index (χ0v) is 14.8. The van der Waals surface area contributed by atoms with Gasteiger partial charge >= 0.3 is 0 Å². The van der Waals surface area contributed by atoms with Crippen molar-refractivity contribution in [3.63, 3.8) is 0 Å². The zero-order chi connectivity index (χ0) is 16.7. The lowest BCUT2D eigenvalue weighted by molar-refractivity contribution is 0.604. The molecule has 0 bridgehead atoms. The maximum Gasteiger partial charge on any atom is 0.141 e. The third-order valence-corrected chi connectivity index (χ3v) is 4.75. The average Bonchev–Trinajstić information content (AvgIpc) is 3.18. The van der Waals surface area contributed by atoms with Crippen LogP contribution in [0.25, 0.3) is 22.4 Å². The number of nitrogens with one attached hydrogen (secondary N) is 1. The highest BCUT2D eigenvalue weighted by Crippen LogP contribution is 2.25. The number of halogens is 2. The molecule has 4 rings (SSSR count). The summed E-state index contributed by atoms with van der Waals surface area (Å²) in [6, 6.07) is 7.09.